The van der Waals surface area contributed by atoms with Gasteiger partial charge < -0.3 is 16.2 Å². The molecule has 0 aliphatic heterocycles. The smallest absolute Gasteiger partial charge is 0.223 e. The molecule has 148 valence electrons. The van der Waals surface area contributed by atoms with Crippen molar-refractivity contribution in [2.45, 2.75) is 33.2 Å². The van der Waals surface area contributed by atoms with E-state index in [2.05, 4.69) is 47.3 Å². The largest absolute Gasteiger partial charge is 0.396 e. The molecule has 0 unspecified atom stereocenters. The predicted molar refractivity (Wildman–Crippen MR) is 116 cm³/mol. The van der Waals surface area contributed by atoms with Gasteiger partial charge in [0.05, 0.1) is 15.8 Å². The van der Waals surface area contributed by atoms with Crippen molar-refractivity contribution < 1.29 is 5.11 Å². The molecular weight excluding hydrogens is 394 g/mol. The Balaban J connectivity index is 1.75. The Kier molecular flexibility index (Phi) is 5.16. The lowest BCUT2D eigenvalue weighted by Gasteiger charge is -2.21. The molecule has 8 heteroatoms. The van der Waals surface area contributed by atoms with Gasteiger partial charge in [0.2, 0.25) is 5.95 Å². The van der Waals surface area contributed by atoms with Crippen LogP contribution < -0.4 is 11.1 Å². The average Bonchev–Trinajstić information content (AvgIpc) is 3.16. The van der Waals surface area contributed by atoms with Crippen LogP contribution in [0.15, 0.2) is 18.2 Å². The maximum atomic E-state index is 9.66. The van der Waals surface area contributed by atoms with Crippen LogP contribution >= 0.6 is 22.9 Å². The van der Waals surface area contributed by atoms with Gasteiger partial charge in [-0.3, -0.25) is 0 Å². The van der Waals surface area contributed by atoms with Crippen LogP contribution in [-0.4, -0.2) is 32.7 Å². The minimum Gasteiger partial charge on any atom is -0.396 e. The van der Waals surface area contributed by atoms with E-state index in [1.54, 1.807) is 11.3 Å². The van der Waals surface area contributed by atoms with Gasteiger partial charge in [-0.1, -0.05) is 31.5 Å². The van der Waals surface area contributed by atoms with Crippen molar-refractivity contribution >= 4 is 44.9 Å². The molecule has 28 heavy (non-hydrogen) atoms. The molecule has 4 atom stereocenters. The van der Waals surface area contributed by atoms with E-state index < -0.39 is 0 Å². The summed E-state index contributed by atoms with van der Waals surface area (Å²) in [5.74, 6) is 1.82. The summed E-state index contributed by atoms with van der Waals surface area (Å²) in [5, 5.41) is 14.3. The third kappa shape index (κ3) is 3.43. The second-order valence-electron chi connectivity index (χ2n) is 7.73. The van der Waals surface area contributed by atoms with E-state index in [1.165, 1.54) is 0 Å². The molecule has 1 fully saturated rings. The summed E-state index contributed by atoms with van der Waals surface area (Å²) in [7, 11) is 0. The number of anilines is 2. The van der Waals surface area contributed by atoms with E-state index in [4.69, 9.17) is 22.3 Å². The van der Waals surface area contributed by atoms with Gasteiger partial charge in [-0.05, 0) is 48.8 Å². The summed E-state index contributed by atoms with van der Waals surface area (Å²) >= 11 is 8.05. The third-order valence-corrected chi connectivity index (χ3v) is 7.29. The predicted octanol–water partition coefficient (Wildman–Crippen LogP) is 4.36. The second-order valence-corrected chi connectivity index (χ2v) is 9.12. The van der Waals surface area contributed by atoms with Crippen LogP contribution in [0.5, 0.6) is 0 Å². The van der Waals surface area contributed by atoms with Crippen molar-refractivity contribution in [2.24, 2.45) is 17.8 Å². The minimum atomic E-state index is 0.130. The second kappa shape index (κ2) is 7.46. The van der Waals surface area contributed by atoms with E-state index in [-0.39, 0.29) is 24.5 Å². The zero-order chi connectivity index (χ0) is 20.0. The molecule has 4 N–H and O–H groups in total. The summed E-state index contributed by atoms with van der Waals surface area (Å²) in [6.45, 7) is 6.63. The summed E-state index contributed by atoms with van der Waals surface area (Å²) in [4.78, 5) is 13.4. The van der Waals surface area contributed by atoms with E-state index in [9.17, 15) is 5.11 Å². The Morgan fingerprint density at radius 2 is 2.04 bits per heavy atom. The minimum absolute atomic E-state index is 0.130. The van der Waals surface area contributed by atoms with Crippen molar-refractivity contribution in [1.82, 2.24) is 15.0 Å². The highest BCUT2D eigenvalue weighted by Crippen LogP contribution is 2.42. The standard InChI is InChI=1S/C20H24ClN5OS/c1-9-4-5-15-14(6-9)24-19(28-15)16-17(21)25-20(22)26-18(16)23-13-7-12(8-27)10(2)11(13)3/h4-6,10-13,27H,7-8H2,1-3H3,(H3,22,23,25,26)/t10-,11+,12+,13+/m0/s1. The number of rotatable bonds is 4. The first kappa shape index (κ1) is 19.4. The molecule has 2 aromatic heterocycles. The molecule has 1 aliphatic rings. The normalized spacial score (nSPS) is 24.8. The SMILES string of the molecule is Cc1ccc2sc(-c3c(Cl)nc(N)nc3N[C@@H]3C[C@H](CO)[C@@H](C)[C@H]3C)nc2c1. The Hall–Kier alpha value is -1.96. The van der Waals surface area contributed by atoms with Gasteiger partial charge in [-0.25, -0.2) is 9.97 Å². The fourth-order valence-corrected chi connectivity index (χ4v) is 5.36. The zero-order valence-corrected chi connectivity index (χ0v) is 17.7. The van der Waals surface area contributed by atoms with E-state index >= 15 is 0 Å². The van der Waals surface area contributed by atoms with Crippen LogP contribution in [0.3, 0.4) is 0 Å². The molecule has 6 nitrogen and oxygen atoms in total. The number of aryl methyl sites for hydroxylation is 1. The number of thiazole rings is 1. The van der Waals surface area contributed by atoms with Gasteiger partial charge in [0.15, 0.2) is 0 Å². The van der Waals surface area contributed by atoms with Crippen molar-refractivity contribution in [1.29, 1.82) is 0 Å². The maximum Gasteiger partial charge on any atom is 0.223 e. The lowest BCUT2D eigenvalue weighted by molar-refractivity contribution is 0.191. The monoisotopic (exact) mass is 417 g/mol. The van der Waals surface area contributed by atoms with Gasteiger partial charge in [-0.2, -0.15) is 4.98 Å². The highest BCUT2D eigenvalue weighted by molar-refractivity contribution is 7.21. The third-order valence-electron chi connectivity index (χ3n) is 5.96. The van der Waals surface area contributed by atoms with Crippen LogP contribution in [-0.2, 0) is 0 Å². The Morgan fingerprint density at radius 1 is 1.25 bits per heavy atom. The number of nitrogens with two attached hydrogens (primary N) is 1. The first-order valence-corrected chi connectivity index (χ1v) is 10.6. The number of halogens is 1. The van der Waals surface area contributed by atoms with Crippen molar-refractivity contribution in [3.8, 4) is 10.6 Å². The number of hydrogen-bond acceptors (Lipinski definition) is 7. The number of aliphatic hydroxyl groups is 1. The fourth-order valence-electron chi connectivity index (χ4n) is 4.05. The summed E-state index contributed by atoms with van der Waals surface area (Å²) in [5.41, 5.74) is 8.66. The first-order valence-electron chi connectivity index (χ1n) is 9.45. The number of aliphatic hydroxyl groups excluding tert-OH is 1. The van der Waals surface area contributed by atoms with Gasteiger partial charge in [-0.15, -0.1) is 11.3 Å². The highest BCUT2D eigenvalue weighted by Gasteiger charge is 2.38. The number of aromatic nitrogens is 3. The molecule has 1 saturated carbocycles. The fraction of sp³-hybridized carbons (Fsp3) is 0.450. The lowest BCUT2D eigenvalue weighted by Crippen LogP contribution is -2.25. The molecule has 1 aromatic carbocycles. The van der Waals surface area contributed by atoms with Gasteiger partial charge in [0, 0.05) is 12.6 Å². The molecule has 0 spiro atoms. The number of hydrogen-bond donors (Lipinski definition) is 3. The van der Waals surface area contributed by atoms with Crippen LogP contribution in [0.1, 0.15) is 25.8 Å². The summed E-state index contributed by atoms with van der Waals surface area (Å²) < 4.78 is 1.09. The zero-order valence-electron chi connectivity index (χ0n) is 16.1. The van der Waals surface area contributed by atoms with Gasteiger partial charge >= 0.3 is 0 Å². The molecule has 0 saturated heterocycles. The highest BCUT2D eigenvalue weighted by atomic mass is 35.5. The quantitative estimate of drug-likeness (QED) is 0.545. The van der Waals surface area contributed by atoms with Crippen LogP contribution in [0.2, 0.25) is 5.15 Å². The Morgan fingerprint density at radius 3 is 2.75 bits per heavy atom. The number of nitrogen functional groups attached to an aromatic ring is 1. The first-order chi connectivity index (χ1) is 13.4. The van der Waals surface area contributed by atoms with Crippen LogP contribution in [0, 0.1) is 24.7 Å². The number of fused-ring (bicyclic) bond motifs is 1. The molecule has 0 radical (unpaired) electrons. The van der Waals surface area contributed by atoms with E-state index in [0.717, 1.165) is 27.2 Å². The molecule has 4 rings (SSSR count). The topological polar surface area (TPSA) is 97.0 Å². The number of benzene rings is 1. The van der Waals surface area contributed by atoms with Crippen molar-refractivity contribution in [3.63, 3.8) is 0 Å². The molecule has 1 aliphatic carbocycles. The van der Waals surface area contributed by atoms with E-state index in [1.807, 2.05) is 6.92 Å². The van der Waals surface area contributed by atoms with Gasteiger partial charge in [0.25, 0.3) is 0 Å². The van der Waals surface area contributed by atoms with Crippen LogP contribution in [0.4, 0.5) is 11.8 Å². The molecule has 0 amide bonds. The molecule has 2 heterocycles. The van der Waals surface area contributed by atoms with E-state index in [0.29, 0.717) is 28.4 Å². The van der Waals surface area contributed by atoms with Crippen LogP contribution in [0.25, 0.3) is 20.8 Å². The molecule has 3 aromatic rings. The number of nitrogens with one attached hydrogen (secondary N) is 1. The number of nitrogens with zero attached hydrogens (tertiary/aromatic N) is 3. The molecular formula is C20H24ClN5OS. The maximum absolute atomic E-state index is 9.66. The van der Waals surface area contributed by atoms with Gasteiger partial charge in [0.1, 0.15) is 16.0 Å². The average molecular weight is 418 g/mol. The van der Waals surface area contributed by atoms with Crippen molar-refractivity contribution in [2.75, 3.05) is 17.7 Å². The summed E-state index contributed by atoms with van der Waals surface area (Å²) in [6, 6.07) is 6.37. The molecule has 0 bridgehead atoms. The lowest BCUT2D eigenvalue weighted by atomic mass is 9.92. The summed E-state index contributed by atoms with van der Waals surface area (Å²) in [6.07, 6.45) is 0.874. The van der Waals surface area contributed by atoms with Crippen molar-refractivity contribution in [3.05, 3.63) is 28.9 Å². The Labute approximate surface area is 173 Å². The Bertz CT molecular complexity index is 1020.